The minimum absolute atomic E-state index is 0.283. The van der Waals surface area contributed by atoms with E-state index in [1.54, 1.807) is 0 Å². The number of carboxylic acids is 1. The lowest BCUT2D eigenvalue weighted by Crippen LogP contribution is -2.21. The van der Waals surface area contributed by atoms with Gasteiger partial charge in [-0.2, -0.15) is 0 Å². The van der Waals surface area contributed by atoms with Crippen molar-refractivity contribution in [3.8, 4) is 0 Å². The van der Waals surface area contributed by atoms with Crippen LogP contribution in [0.5, 0.6) is 0 Å². The molecule has 4 nitrogen and oxygen atoms in total. The summed E-state index contributed by atoms with van der Waals surface area (Å²) < 4.78 is 4.41. The van der Waals surface area contributed by atoms with Crippen molar-refractivity contribution >= 4 is 11.9 Å². The number of hydrogen-bond donors (Lipinski definition) is 1. The predicted octanol–water partition coefficient (Wildman–Crippen LogP) is 1.31. The van der Waals surface area contributed by atoms with Crippen LogP contribution in [0.15, 0.2) is 30.3 Å². The van der Waals surface area contributed by atoms with E-state index >= 15 is 0 Å². The molecular weight excluding hydrogens is 208 g/mol. The van der Waals surface area contributed by atoms with E-state index in [1.165, 1.54) is 7.11 Å². The number of hydrogen-bond acceptors (Lipinski definition) is 3. The van der Waals surface area contributed by atoms with E-state index in [-0.39, 0.29) is 6.42 Å². The molecule has 85 valence electrons. The zero-order valence-electron chi connectivity index (χ0n) is 8.92. The first-order valence-corrected chi connectivity index (χ1v) is 4.83. The van der Waals surface area contributed by atoms with E-state index in [0.29, 0.717) is 0 Å². The molecule has 0 bridgehead atoms. The molecule has 0 aliphatic carbocycles. The summed E-state index contributed by atoms with van der Waals surface area (Å²) >= 11 is 0. The van der Waals surface area contributed by atoms with Gasteiger partial charge < -0.3 is 9.84 Å². The van der Waals surface area contributed by atoms with Crippen LogP contribution in [0.4, 0.5) is 0 Å². The third-order valence-electron chi connectivity index (χ3n) is 2.15. The molecule has 1 N–H and O–H groups in total. The number of rotatable bonds is 5. The number of esters is 1. The van der Waals surface area contributed by atoms with Crippen LogP contribution in [0.1, 0.15) is 5.56 Å². The molecule has 1 rings (SSSR count). The van der Waals surface area contributed by atoms with Crippen LogP contribution in [0.2, 0.25) is 0 Å². The monoisotopic (exact) mass is 221 g/mol. The van der Waals surface area contributed by atoms with Crippen molar-refractivity contribution in [3.05, 3.63) is 42.3 Å². The minimum atomic E-state index is -1.03. The number of ether oxygens (including phenoxy) is 1. The molecule has 1 aromatic carbocycles. The normalized spacial score (nSPS) is 11.8. The van der Waals surface area contributed by atoms with Gasteiger partial charge >= 0.3 is 11.9 Å². The molecule has 0 saturated heterocycles. The van der Waals surface area contributed by atoms with E-state index in [4.69, 9.17) is 5.11 Å². The van der Waals surface area contributed by atoms with Gasteiger partial charge in [0.25, 0.3) is 0 Å². The molecule has 0 aromatic heterocycles. The summed E-state index contributed by atoms with van der Waals surface area (Å²) in [6.07, 6.45) is 1.36. The van der Waals surface area contributed by atoms with Crippen LogP contribution in [0.25, 0.3) is 0 Å². The van der Waals surface area contributed by atoms with Gasteiger partial charge in [-0.05, 0) is 12.0 Å². The van der Waals surface area contributed by atoms with Crippen LogP contribution in [-0.2, 0) is 20.7 Å². The summed E-state index contributed by atoms with van der Waals surface area (Å²) in [5.74, 6) is -2.51. The first kappa shape index (κ1) is 12.2. The van der Waals surface area contributed by atoms with Gasteiger partial charge in [0.15, 0.2) is 0 Å². The molecule has 1 unspecified atom stereocenters. The van der Waals surface area contributed by atoms with E-state index in [2.05, 4.69) is 4.74 Å². The predicted molar refractivity (Wildman–Crippen MR) is 57.6 cm³/mol. The Labute approximate surface area is 93.9 Å². The van der Waals surface area contributed by atoms with Crippen molar-refractivity contribution in [1.29, 1.82) is 0 Å². The third-order valence-corrected chi connectivity index (χ3v) is 2.15. The molecule has 0 amide bonds. The standard InChI is InChI=1S/C12H13O4/c1-16-11(13)8-10(12(14)15)7-9-5-3-2-4-6-9/h2-6,8,10H,7H2,1H3,(H,14,15). The first-order chi connectivity index (χ1) is 7.63. The summed E-state index contributed by atoms with van der Waals surface area (Å²) in [5.41, 5.74) is 0.870. The molecule has 0 spiro atoms. The molecule has 1 radical (unpaired) electrons. The lowest BCUT2D eigenvalue weighted by molar-refractivity contribution is -0.145. The van der Waals surface area contributed by atoms with E-state index in [0.717, 1.165) is 12.0 Å². The summed E-state index contributed by atoms with van der Waals surface area (Å²) in [7, 11) is 1.22. The van der Waals surface area contributed by atoms with Crippen molar-refractivity contribution in [2.45, 2.75) is 6.42 Å². The Bertz CT molecular complexity index is 359. The molecule has 1 atom stereocenters. The second-order valence-corrected chi connectivity index (χ2v) is 3.32. The topological polar surface area (TPSA) is 63.6 Å². The van der Waals surface area contributed by atoms with Gasteiger partial charge in [-0.1, -0.05) is 30.3 Å². The third kappa shape index (κ3) is 3.73. The maximum atomic E-state index is 11.0. The fraction of sp³-hybridized carbons (Fsp3) is 0.250. The summed E-state index contributed by atoms with van der Waals surface area (Å²) in [5, 5.41) is 8.94. The maximum absolute atomic E-state index is 11.0. The van der Waals surface area contributed by atoms with Crippen LogP contribution >= 0.6 is 0 Å². The molecular formula is C12H13O4. The molecule has 16 heavy (non-hydrogen) atoms. The van der Waals surface area contributed by atoms with Gasteiger partial charge in [-0.25, -0.2) is 0 Å². The highest BCUT2D eigenvalue weighted by Gasteiger charge is 2.22. The van der Waals surface area contributed by atoms with Gasteiger partial charge in [-0.3, -0.25) is 9.59 Å². The lowest BCUT2D eigenvalue weighted by Gasteiger charge is -2.10. The average molecular weight is 221 g/mol. The number of aliphatic carboxylic acids is 1. The van der Waals surface area contributed by atoms with Crippen LogP contribution in [0, 0.1) is 12.3 Å². The van der Waals surface area contributed by atoms with Crippen molar-refractivity contribution in [2.75, 3.05) is 7.11 Å². The van der Waals surface area contributed by atoms with Crippen LogP contribution < -0.4 is 0 Å². The molecule has 4 heteroatoms. The number of carbonyl (C=O) groups excluding carboxylic acids is 1. The maximum Gasteiger partial charge on any atom is 0.310 e. The van der Waals surface area contributed by atoms with Crippen molar-refractivity contribution < 1.29 is 19.4 Å². The molecule has 0 aliphatic heterocycles. The van der Waals surface area contributed by atoms with Gasteiger partial charge in [0.2, 0.25) is 0 Å². The number of methoxy groups -OCH3 is 1. The van der Waals surface area contributed by atoms with Crippen molar-refractivity contribution in [3.63, 3.8) is 0 Å². The molecule has 1 aromatic rings. The second-order valence-electron chi connectivity index (χ2n) is 3.32. The Morgan fingerprint density at radius 3 is 2.50 bits per heavy atom. The van der Waals surface area contributed by atoms with Crippen LogP contribution in [-0.4, -0.2) is 24.2 Å². The smallest absolute Gasteiger partial charge is 0.310 e. The second kappa shape index (κ2) is 5.90. The highest BCUT2D eigenvalue weighted by molar-refractivity contribution is 5.86. The quantitative estimate of drug-likeness (QED) is 0.761. The SMILES string of the molecule is COC(=O)[CH]C(Cc1ccccc1)C(=O)O. The van der Waals surface area contributed by atoms with Gasteiger partial charge in [0.1, 0.15) is 0 Å². The Morgan fingerprint density at radius 1 is 1.38 bits per heavy atom. The Morgan fingerprint density at radius 2 is 2.00 bits per heavy atom. The molecule has 0 heterocycles. The fourth-order valence-electron chi connectivity index (χ4n) is 1.32. The van der Waals surface area contributed by atoms with Crippen molar-refractivity contribution in [2.24, 2.45) is 5.92 Å². The van der Waals surface area contributed by atoms with E-state index in [9.17, 15) is 9.59 Å². The highest BCUT2D eigenvalue weighted by Crippen LogP contribution is 2.12. The van der Waals surface area contributed by atoms with Gasteiger partial charge in [0.05, 0.1) is 19.4 Å². The average Bonchev–Trinajstić information content (AvgIpc) is 2.29. The van der Waals surface area contributed by atoms with E-state index < -0.39 is 17.9 Å². The molecule has 0 fully saturated rings. The van der Waals surface area contributed by atoms with Gasteiger partial charge in [0, 0.05) is 0 Å². The summed E-state index contributed by atoms with van der Waals surface area (Å²) in [4.78, 5) is 21.9. The lowest BCUT2D eigenvalue weighted by atomic mass is 9.96. The number of benzene rings is 1. The minimum Gasteiger partial charge on any atom is -0.481 e. The van der Waals surface area contributed by atoms with Gasteiger partial charge in [-0.15, -0.1) is 0 Å². The zero-order valence-corrected chi connectivity index (χ0v) is 8.92. The summed E-state index contributed by atoms with van der Waals surface area (Å²) in [6.45, 7) is 0. The number of carboxylic acid groups (broad SMARTS) is 1. The molecule has 0 aliphatic rings. The Balaban J connectivity index is 2.65. The first-order valence-electron chi connectivity index (χ1n) is 4.83. The number of carbonyl (C=O) groups is 2. The Kier molecular flexibility index (Phi) is 4.51. The Hall–Kier alpha value is -1.84. The largest absolute Gasteiger partial charge is 0.481 e. The zero-order chi connectivity index (χ0) is 12.0. The van der Waals surface area contributed by atoms with E-state index in [1.807, 2.05) is 30.3 Å². The summed E-state index contributed by atoms with van der Waals surface area (Å²) in [6, 6.07) is 9.14. The molecule has 0 saturated carbocycles. The van der Waals surface area contributed by atoms with Crippen LogP contribution in [0.3, 0.4) is 0 Å². The fourth-order valence-corrected chi connectivity index (χ4v) is 1.32. The van der Waals surface area contributed by atoms with Crippen molar-refractivity contribution in [1.82, 2.24) is 0 Å². The highest BCUT2D eigenvalue weighted by atomic mass is 16.5.